The van der Waals surface area contributed by atoms with Crippen LogP contribution in [0.2, 0.25) is 0 Å². The zero-order valence-corrected chi connectivity index (χ0v) is 14.7. The lowest BCUT2D eigenvalue weighted by atomic mass is 9.75. The van der Waals surface area contributed by atoms with E-state index in [0.29, 0.717) is 16.8 Å². The summed E-state index contributed by atoms with van der Waals surface area (Å²) in [5.41, 5.74) is 4.20. The van der Waals surface area contributed by atoms with Gasteiger partial charge in [-0.3, -0.25) is 9.78 Å². The number of rotatable bonds is 3. The summed E-state index contributed by atoms with van der Waals surface area (Å²) < 4.78 is 5.07. The summed E-state index contributed by atoms with van der Waals surface area (Å²) in [6, 6.07) is 13.7. The van der Waals surface area contributed by atoms with Gasteiger partial charge in [0.2, 0.25) is 5.91 Å². The number of benzene rings is 2. The Hall–Kier alpha value is -2.82. The van der Waals surface area contributed by atoms with Crippen molar-refractivity contribution in [3.8, 4) is 0 Å². The highest BCUT2D eigenvalue weighted by Crippen LogP contribution is 2.38. The molecule has 0 bridgehead atoms. The van der Waals surface area contributed by atoms with Crippen LogP contribution in [0.3, 0.4) is 0 Å². The molecule has 1 aromatic heterocycles. The number of oxazole rings is 1. The van der Waals surface area contributed by atoms with Gasteiger partial charge in [-0.15, -0.1) is 0 Å². The molecule has 2 aromatic carbocycles. The summed E-state index contributed by atoms with van der Waals surface area (Å²) in [5, 5.41) is 3.01. The number of carbonyl (C=O) groups is 1. The minimum atomic E-state index is -0.491. The Labute approximate surface area is 151 Å². The largest absolute Gasteiger partial charge is 0.417 e. The van der Waals surface area contributed by atoms with E-state index in [9.17, 15) is 9.59 Å². The number of anilines is 1. The zero-order chi connectivity index (χ0) is 18.1. The third-order valence-electron chi connectivity index (χ3n) is 5.30. The fourth-order valence-electron chi connectivity index (χ4n) is 3.92. The Bertz CT molecular complexity index is 984. The van der Waals surface area contributed by atoms with Gasteiger partial charge >= 0.3 is 5.76 Å². The predicted octanol–water partition coefficient (Wildman–Crippen LogP) is 4.34. The first-order valence-corrected chi connectivity index (χ1v) is 9.10. The van der Waals surface area contributed by atoms with Crippen molar-refractivity contribution < 1.29 is 9.21 Å². The Morgan fingerprint density at radius 3 is 2.69 bits per heavy atom. The van der Waals surface area contributed by atoms with E-state index in [1.807, 2.05) is 0 Å². The number of aromatic nitrogens is 1. The number of nitrogens with one attached hydrogen (secondary N) is 2. The number of amides is 1. The number of H-pyrrole nitrogens is 1. The number of fused-ring (bicyclic) bond motifs is 1. The number of hydrogen-bond donors (Lipinski definition) is 2. The van der Waals surface area contributed by atoms with Crippen LogP contribution in [0.15, 0.2) is 51.7 Å². The lowest BCUT2D eigenvalue weighted by Crippen LogP contribution is -2.30. The Kier molecular flexibility index (Phi) is 4.37. The molecule has 0 saturated heterocycles. The van der Waals surface area contributed by atoms with Gasteiger partial charge in [-0.25, -0.2) is 4.79 Å². The molecule has 1 amide bonds. The fourth-order valence-corrected chi connectivity index (χ4v) is 3.92. The molecule has 0 spiro atoms. The van der Waals surface area contributed by atoms with Crippen molar-refractivity contribution in [1.82, 2.24) is 4.98 Å². The average molecular weight is 350 g/mol. The molecular formula is C21H22N2O3. The van der Waals surface area contributed by atoms with Crippen molar-refractivity contribution in [2.75, 3.05) is 5.32 Å². The smallest absolute Gasteiger partial charge is 0.408 e. The van der Waals surface area contributed by atoms with E-state index in [4.69, 9.17) is 4.42 Å². The third-order valence-corrected chi connectivity index (χ3v) is 5.30. The van der Waals surface area contributed by atoms with E-state index in [1.54, 1.807) is 18.2 Å². The molecule has 1 fully saturated rings. The zero-order valence-electron chi connectivity index (χ0n) is 14.7. The second-order valence-corrected chi connectivity index (χ2v) is 7.12. The fraction of sp³-hybridized carbons (Fsp3) is 0.333. The standard InChI is InChI=1S/C21H22N2O3/c1-13-6-8-14(9-7-13)16-4-2-3-5-17(16)20(24)22-15-10-11-18-19(12-15)26-21(25)23-18/h6-12,16-17H,2-5H2,1H3,(H,22,24)(H,23,25). The molecule has 2 unspecified atom stereocenters. The topological polar surface area (TPSA) is 75.1 Å². The van der Waals surface area contributed by atoms with Crippen LogP contribution in [0, 0.1) is 12.8 Å². The molecule has 1 saturated carbocycles. The molecule has 1 aliphatic carbocycles. The summed E-state index contributed by atoms with van der Waals surface area (Å²) in [6.07, 6.45) is 4.16. The lowest BCUT2D eigenvalue weighted by molar-refractivity contribution is -0.121. The molecule has 2 atom stereocenters. The van der Waals surface area contributed by atoms with Gasteiger partial charge in [0, 0.05) is 17.7 Å². The minimum Gasteiger partial charge on any atom is -0.408 e. The highest BCUT2D eigenvalue weighted by atomic mass is 16.4. The highest BCUT2D eigenvalue weighted by molar-refractivity contribution is 5.94. The van der Waals surface area contributed by atoms with E-state index >= 15 is 0 Å². The van der Waals surface area contributed by atoms with Crippen LogP contribution >= 0.6 is 0 Å². The van der Waals surface area contributed by atoms with Crippen LogP contribution in [-0.2, 0) is 4.79 Å². The maximum atomic E-state index is 12.9. The van der Waals surface area contributed by atoms with Crippen LogP contribution in [0.5, 0.6) is 0 Å². The van der Waals surface area contributed by atoms with Crippen molar-refractivity contribution in [1.29, 1.82) is 0 Å². The predicted molar refractivity (Wildman–Crippen MR) is 101 cm³/mol. The summed E-state index contributed by atoms with van der Waals surface area (Å²) in [4.78, 5) is 26.8. The summed E-state index contributed by atoms with van der Waals surface area (Å²) in [5.74, 6) is -0.249. The Morgan fingerprint density at radius 1 is 1.12 bits per heavy atom. The molecule has 3 aromatic rings. The minimum absolute atomic E-state index is 0.0347. The van der Waals surface area contributed by atoms with Crippen LogP contribution in [0.25, 0.3) is 11.1 Å². The number of hydrogen-bond acceptors (Lipinski definition) is 3. The Morgan fingerprint density at radius 2 is 1.88 bits per heavy atom. The van der Waals surface area contributed by atoms with E-state index in [-0.39, 0.29) is 17.7 Å². The average Bonchev–Trinajstić information content (AvgIpc) is 3.01. The number of carbonyl (C=O) groups excluding carboxylic acids is 1. The van der Waals surface area contributed by atoms with Crippen molar-refractivity contribution in [2.45, 2.75) is 38.5 Å². The number of aryl methyl sites for hydroxylation is 1. The van der Waals surface area contributed by atoms with Gasteiger partial charge in [0.05, 0.1) is 5.52 Å². The van der Waals surface area contributed by atoms with Crippen molar-refractivity contribution in [3.63, 3.8) is 0 Å². The molecule has 26 heavy (non-hydrogen) atoms. The maximum Gasteiger partial charge on any atom is 0.417 e. The first kappa shape index (κ1) is 16.6. The quantitative estimate of drug-likeness (QED) is 0.738. The highest BCUT2D eigenvalue weighted by Gasteiger charge is 2.32. The summed E-state index contributed by atoms with van der Waals surface area (Å²) in [7, 11) is 0. The van der Waals surface area contributed by atoms with E-state index in [0.717, 1.165) is 25.7 Å². The van der Waals surface area contributed by atoms with Gasteiger partial charge in [-0.2, -0.15) is 0 Å². The third kappa shape index (κ3) is 3.29. The normalized spacial score (nSPS) is 20.2. The molecule has 0 radical (unpaired) electrons. The van der Waals surface area contributed by atoms with Gasteiger partial charge in [0.25, 0.3) is 0 Å². The molecule has 134 valence electrons. The maximum absolute atomic E-state index is 12.9. The Balaban J connectivity index is 1.56. The van der Waals surface area contributed by atoms with Gasteiger partial charge in [0.15, 0.2) is 5.58 Å². The van der Waals surface area contributed by atoms with Crippen LogP contribution in [0.1, 0.15) is 42.7 Å². The molecule has 4 rings (SSSR count). The van der Waals surface area contributed by atoms with Crippen molar-refractivity contribution in [2.24, 2.45) is 5.92 Å². The lowest BCUT2D eigenvalue weighted by Gasteiger charge is -2.31. The van der Waals surface area contributed by atoms with Gasteiger partial charge in [0.1, 0.15) is 0 Å². The molecule has 5 heteroatoms. The monoisotopic (exact) mass is 350 g/mol. The second kappa shape index (κ2) is 6.83. The number of aromatic amines is 1. The molecular weight excluding hydrogens is 328 g/mol. The van der Waals surface area contributed by atoms with Gasteiger partial charge in [-0.05, 0) is 43.4 Å². The van der Waals surface area contributed by atoms with Crippen molar-refractivity contribution >= 4 is 22.7 Å². The molecule has 1 heterocycles. The van der Waals surface area contributed by atoms with Crippen LogP contribution in [0.4, 0.5) is 5.69 Å². The molecule has 1 aliphatic rings. The van der Waals surface area contributed by atoms with Crippen LogP contribution in [-0.4, -0.2) is 10.9 Å². The SMILES string of the molecule is Cc1ccc(C2CCCCC2C(=O)Nc2ccc3[nH]c(=O)oc3c2)cc1. The summed E-state index contributed by atoms with van der Waals surface area (Å²) >= 11 is 0. The molecule has 5 nitrogen and oxygen atoms in total. The van der Waals surface area contributed by atoms with Gasteiger partial charge in [-0.1, -0.05) is 42.7 Å². The first-order valence-electron chi connectivity index (χ1n) is 9.10. The van der Waals surface area contributed by atoms with Crippen molar-refractivity contribution in [3.05, 3.63) is 64.1 Å². The molecule has 2 N–H and O–H groups in total. The second-order valence-electron chi connectivity index (χ2n) is 7.12. The van der Waals surface area contributed by atoms with Crippen LogP contribution < -0.4 is 11.1 Å². The van der Waals surface area contributed by atoms with E-state index in [2.05, 4.69) is 41.5 Å². The first-order chi connectivity index (χ1) is 12.6. The van der Waals surface area contributed by atoms with Gasteiger partial charge < -0.3 is 9.73 Å². The van der Waals surface area contributed by atoms with E-state index < -0.39 is 5.76 Å². The van der Waals surface area contributed by atoms with E-state index in [1.165, 1.54) is 11.1 Å². The molecule has 0 aliphatic heterocycles. The summed E-state index contributed by atoms with van der Waals surface area (Å²) in [6.45, 7) is 2.07.